The summed E-state index contributed by atoms with van der Waals surface area (Å²) in [6.07, 6.45) is 0. The van der Waals surface area contributed by atoms with Crippen molar-refractivity contribution >= 4 is 21.8 Å². The highest BCUT2D eigenvalue weighted by atomic mass is 79.9. The van der Waals surface area contributed by atoms with E-state index < -0.39 is 5.91 Å². The number of nitrogens with two attached hydrogens (primary N) is 1. The van der Waals surface area contributed by atoms with Crippen LogP contribution in [0.3, 0.4) is 0 Å². The van der Waals surface area contributed by atoms with Crippen LogP contribution in [-0.2, 0) is 0 Å². The first-order valence-corrected chi connectivity index (χ1v) is 8.15. The molecular weight excluding hydrogens is 350 g/mol. The van der Waals surface area contributed by atoms with Crippen molar-refractivity contribution in [3.8, 4) is 0 Å². The molecule has 3 aromatic carbocycles. The number of halogens is 1. The van der Waals surface area contributed by atoms with E-state index in [2.05, 4.69) is 40.2 Å². The van der Waals surface area contributed by atoms with E-state index in [0.717, 1.165) is 21.2 Å². The van der Waals surface area contributed by atoms with Gasteiger partial charge >= 0.3 is 0 Å². The van der Waals surface area contributed by atoms with Gasteiger partial charge in [0, 0.05) is 16.0 Å². The molecule has 0 spiro atoms. The first-order valence-electron chi connectivity index (χ1n) is 7.36. The Morgan fingerprint density at radius 1 is 0.826 bits per heavy atom. The van der Waals surface area contributed by atoms with Crippen LogP contribution in [0.15, 0.2) is 83.3 Å². The molecule has 0 unspecified atom stereocenters. The lowest BCUT2D eigenvalue weighted by Crippen LogP contribution is -2.16. The number of carbonyl (C=O) groups excluding carboxylic acids is 1. The Hall–Kier alpha value is -2.39. The SMILES string of the molecule is NC(=O)c1ccc(Br)cc1C(c1ccccc1)c1ccccc1. The molecule has 3 rings (SSSR count). The minimum atomic E-state index is -0.413. The number of carbonyl (C=O) groups is 1. The first-order chi connectivity index (χ1) is 11.2. The summed E-state index contributed by atoms with van der Waals surface area (Å²) in [6.45, 7) is 0. The van der Waals surface area contributed by atoms with E-state index in [0.29, 0.717) is 5.56 Å². The second kappa shape index (κ2) is 6.80. The molecule has 0 saturated heterocycles. The zero-order valence-electron chi connectivity index (χ0n) is 12.4. The van der Waals surface area contributed by atoms with E-state index in [9.17, 15) is 4.79 Å². The van der Waals surface area contributed by atoms with Crippen molar-refractivity contribution in [1.82, 2.24) is 0 Å². The molecule has 0 aliphatic carbocycles. The number of hydrogen-bond donors (Lipinski definition) is 1. The summed E-state index contributed by atoms with van der Waals surface area (Å²) >= 11 is 3.51. The van der Waals surface area contributed by atoms with E-state index in [4.69, 9.17) is 5.73 Å². The molecule has 0 aliphatic heterocycles. The Kier molecular flexibility index (Phi) is 4.58. The molecular formula is C20H16BrNO. The summed E-state index contributed by atoms with van der Waals surface area (Å²) in [6, 6.07) is 25.9. The van der Waals surface area contributed by atoms with Gasteiger partial charge in [0.05, 0.1) is 0 Å². The minimum Gasteiger partial charge on any atom is -0.366 e. The Morgan fingerprint density at radius 2 is 1.35 bits per heavy atom. The Labute approximate surface area is 144 Å². The molecule has 0 bridgehead atoms. The molecule has 0 aromatic heterocycles. The van der Waals surface area contributed by atoms with Gasteiger partial charge in [-0.3, -0.25) is 4.79 Å². The fourth-order valence-corrected chi connectivity index (χ4v) is 3.22. The highest BCUT2D eigenvalue weighted by Crippen LogP contribution is 2.35. The summed E-state index contributed by atoms with van der Waals surface area (Å²) in [5.41, 5.74) is 9.31. The molecule has 0 saturated carbocycles. The standard InChI is InChI=1S/C20H16BrNO/c21-16-11-12-17(20(22)23)18(13-16)19(14-7-3-1-4-8-14)15-9-5-2-6-10-15/h1-13,19H,(H2,22,23). The molecule has 0 aliphatic rings. The number of hydrogen-bond acceptors (Lipinski definition) is 1. The molecule has 3 heteroatoms. The smallest absolute Gasteiger partial charge is 0.249 e. The lowest BCUT2D eigenvalue weighted by atomic mass is 9.83. The quantitative estimate of drug-likeness (QED) is 0.667. The van der Waals surface area contributed by atoms with E-state index in [1.807, 2.05) is 48.5 Å². The van der Waals surface area contributed by atoms with Crippen molar-refractivity contribution in [1.29, 1.82) is 0 Å². The van der Waals surface area contributed by atoms with Crippen molar-refractivity contribution in [2.45, 2.75) is 5.92 Å². The number of rotatable bonds is 4. The Bertz CT molecular complexity index is 776. The van der Waals surface area contributed by atoms with Crippen LogP contribution in [0.1, 0.15) is 33.0 Å². The first kappa shape index (κ1) is 15.5. The average Bonchev–Trinajstić information content (AvgIpc) is 2.57. The largest absolute Gasteiger partial charge is 0.366 e. The third kappa shape index (κ3) is 3.35. The summed E-state index contributed by atoms with van der Waals surface area (Å²) < 4.78 is 0.925. The van der Waals surface area contributed by atoms with Gasteiger partial charge in [-0.05, 0) is 34.9 Å². The van der Waals surface area contributed by atoms with Crippen LogP contribution < -0.4 is 5.73 Å². The molecule has 0 fully saturated rings. The predicted molar refractivity (Wildman–Crippen MR) is 96.5 cm³/mol. The second-order valence-electron chi connectivity index (χ2n) is 5.35. The van der Waals surface area contributed by atoms with Crippen molar-refractivity contribution < 1.29 is 4.79 Å². The molecule has 114 valence electrons. The number of primary amides is 1. The van der Waals surface area contributed by atoms with Gasteiger partial charge in [-0.1, -0.05) is 76.6 Å². The molecule has 0 atom stereocenters. The summed E-state index contributed by atoms with van der Waals surface area (Å²) in [5.74, 6) is -0.457. The third-order valence-electron chi connectivity index (χ3n) is 3.86. The van der Waals surface area contributed by atoms with Crippen molar-refractivity contribution in [2.24, 2.45) is 5.73 Å². The van der Waals surface area contributed by atoms with Gasteiger partial charge in [0.2, 0.25) is 5.91 Å². The van der Waals surface area contributed by atoms with Crippen LogP contribution in [0.2, 0.25) is 0 Å². The topological polar surface area (TPSA) is 43.1 Å². The molecule has 0 heterocycles. The number of amides is 1. The third-order valence-corrected chi connectivity index (χ3v) is 4.35. The Morgan fingerprint density at radius 3 is 1.83 bits per heavy atom. The maximum Gasteiger partial charge on any atom is 0.249 e. The highest BCUT2D eigenvalue weighted by Gasteiger charge is 2.21. The maximum atomic E-state index is 11.9. The van der Waals surface area contributed by atoms with Crippen LogP contribution in [0, 0.1) is 0 Å². The van der Waals surface area contributed by atoms with Crippen LogP contribution >= 0.6 is 15.9 Å². The fraction of sp³-hybridized carbons (Fsp3) is 0.0500. The van der Waals surface area contributed by atoms with Gasteiger partial charge in [0.1, 0.15) is 0 Å². The maximum absolute atomic E-state index is 11.9. The molecule has 3 aromatic rings. The van der Waals surface area contributed by atoms with Crippen molar-refractivity contribution in [3.05, 3.63) is 106 Å². The lowest BCUT2D eigenvalue weighted by Gasteiger charge is -2.21. The van der Waals surface area contributed by atoms with E-state index >= 15 is 0 Å². The lowest BCUT2D eigenvalue weighted by molar-refractivity contribution is 0.0999. The Balaban J connectivity index is 2.25. The van der Waals surface area contributed by atoms with Gasteiger partial charge in [-0.15, -0.1) is 0 Å². The average molecular weight is 366 g/mol. The predicted octanol–water partition coefficient (Wildman–Crippen LogP) is 4.73. The van der Waals surface area contributed by atoms with Gasteiger partial charge in [0.15, 0.2) is 0 Å². The number of benzene rings is 3. The van der Waals surface area contributed by atoms with Crippen LogP contribution in [0.25, 0.3) is 0 Å². The summed E-state index contributed by atoms with van der Waals surface area (Å²) in [7, 11) is 0. The van der Waals surface area contributed by atoms with Crippen molar-refractivity contribution in [2.75, 3.05) is 0 Å². The molecule has 2 nitrogen and oxygen atoms in total. The molecule has 2 N–H and O–H groups in total. The zero-order chi connectivity index (χ0) is 16.2. The van der Waals surface area contributed by atoms with Gasteiger partial charge < -0.3 is 5.73 Å². The van der Waals surface area contributed by atoms with Crippen LogP contribution in [0.5, 0.6) is 0 Å². The van der Waals surface area contributed by atoms with E-state index in [1.54, 1.807) is 6.07 Å². The van der Waals surface area contributed by atoms with Gasteiger partial charge in [0.25, 0.3) is 0 Å². The molecule has 23 heavy (non-hydrogen) atoms. The van der Waals surface area contributed by atoms with Crippen molar-refractivity contribution in [3.63, 3.8) is 0 Å². The van der Waals surface area contributed by atoms with Crippen LogP contribution in [-0.4, -0.2) is 5.91 Å². The molecule has 0 radical (unpaired) electrons. The molecule has 1 amide bonds. The zero-order valence-corrected chi connectivity index (χ0v) is 14.0. The van der Waals surface area contributed by atoms with Crippen LogP contribution in [0.4, 0.5) is 0 Å². The van der Waals surface area contributed by atoms with Gasteiger partial charge in [-0.25, -0.2) is 0 Å². The van der Waals surface area contributed by atoms with E-state index in [-0.39, 0.29) is 5.92 Å². The van der Waals surface area contributed by atoms with E-state index in [1.165, 1.54) is 0 Å². The minimum absolute atomic E-state index is 0.0441. The monoisotopic (exact) mass is 365 g/mol. The summed E-state index contributed by atoms with van der Waals surface area (Å²) in [4.78, 5) is 11.9. The van der Waals surface area contributed by atoms with Gasteiger partial charge in [-0.2, -0.15) is 0 Å². The second-order valence-corrected chi connectivity index (χ2v) is 6.27. The summed E-state index contributed by atoms with van der Waals surface area (Å²) in [5, 5.41) is 0. The fourth-order valence-electron chi connectivity index (χ4n) is 2.84. The highest BCUT2D eigenvalue weighted by molar-refractivity contribution is 9.10. The normalized spacial score (nSPS) is 10.7.